The van der Waals surface area contributed by atoms with Gasteiger partial charge in [0.25, 0.3) is 0 Å². The average molecular weight is 189 g/mol. The number of likely N-dealkylation sites (tertiary alicyclic amines) is 1. The lowest BCUT2D eigenvalue weighted by Crippen LogP contribution is -2.35. The number of alkyl halides is 1. The van der Waals surface area contributed by atoms with E-state index in [1.807, 2.05) is 0 Å². The van der Waals surface area contributed by atoms with Gasteiger partial charge in [-0.2, -0.15) is 0 Å². The van der Waals surface area contributed by atoms with Crippen molar-refractivity contribution >= 4 is 11.9 Å². The summed E-state index contributed by atoms with van der Waals surface area (Å²) in [6, 6.07) is -0.468. The van der Waals surface area contributed by atoms with Crippen molar-refractivity contribution in [3.63, 3.8) is 0 Å². The van der Waals surface area contributed by atoms with E-state index in [0.717, 1.165) is 0 Å². The van der Waals surface area contributed by atoms with Gasteiger partial charge in [0.2, 0.25) is 5.91 Å². The minimum absolute atomic E-state index is 0.0350. The molecule has 1 fully saturated rings. The molecule has 1 saturated heterocycles. The molecule has 0 bridgehead atoms. The summed E-state index contributed by atoms with van der Waals surface area (Å²) in [6.07, 6.45) is -1.10. The van der Waals surface area contributed by atoms with E-state index in [4.69, 9.17) is 5.11 Å². The van der Waals surface area contributed by atoms with Crippen molar-refractivity contribution in [1.29, 1.82) is 0 Å². The molecule has 1 aliphatic rings. The van der Waals surface area contributed by atoms with E-state index in [1.165, 1.54) is 11.8 Å². The third-order valence-corrected chi connectivity index (χ3v) is 2.18. The first-order chi connectivity index (χ1) is 6.00. The van der Waals surface area contributed by atoms with Crippen LogP contribution in [0.4, 0.5) is 4.39 Å². The second kappa shape index (κ2) is 3.72. The quantitative estimate of drug-likeness (QED) is 0.684. The zero-order chi connectivity index (χ0) is 10.0. The Kier molecular flexibility index (Phi) is 2.85. The number of aliphatic carboxylic acids is 1. The monoisotopic (exact) mass is 189 g/mol. The number of carbonyl (C=O) groups is 2. The summed E-state index contributed by atoms with van der Waals surface area (Å²) in [6.45, 7) is 1.36. The zero-order valence-corrected chi connectivity index (χ0v) is 7.36. The van der Waals surface area contributed by atoms with Gasteiger partial charge in [0.05, 0.1) is 13.0 Å². The third-order valence-electron chi connectivity index (χ3n) is 2.18. The molecule has 0 unspecified atom stereocenters. The number of carbonyl (C=O) groups excluding carboxylic acids is 1. The molecule has 1 amide bonds. The van der Waals surface area contributed by atoms with Crippen LogP contribution in [0.25, 0.3) is 0 Å². The standard InChI is InChI=1S/C8H12FNO3/c1-5(11)10-4-6(9)2-7(10)3-8(12)13/h6-7H,2-4H2,1H3,(H,12,13)/t6-,7-/m0/s1. The number of carboxylic acids is 1. The van der Waals surface area contributed by atoms with Crippen molar-refractivity contribution in [2.24, 2.45) is 0 Å². The van der Waals surface area contributed by atoms with Gasteiger partial charge in [0.15, 0.2) is 0 Å². The molecule has 1 heterocycles. The van der Waals surface area contributed by atoms with E-state index < -0.39 is 18.2 Å². The summed E-state index contributed by atoms with van der Waals surface area (Å²) in [5, 5.41) is 8.50. The molecule has 13 heavy (non-hydrogen) atoms. The van der Waals surface area contributed by atoms with Gasteiger partial charge in [-0.05, 0) is 0 Å². The van der Waals surface area contributed by atoms with Gasteiger partial charge in [0.1, 0.15) is 6.17 Å². The maximum absolute atomic E-state index is 12.8. The van der Waals surface area contributed by atoms with Crippen LogP contribution in [0, 0.1) is 0 Å². The van der Waals surface area contributed by atoms with E-state index >= 15 is 0 Å². The molecular formula is C8H12FNO3. The lowest BCUT2D eigenvalue weighted by Gasteiger charge is -2.20. The maximum atomic E-state index is 12.8. The third kappa shape index (κ3) is 2.40. The fourth-order valence-electron chi connectivity index (χ4n) is 1.64. The number of hydrogen-bond donors (Lipinski definition) is 1. The Labute approximate surface area is 75.3 Å². The molecule has 0 aromatic heterocycles. The fraction of sp³-hybridized carbons (Fsp3) is 0.750. The predicted octanol–water partition coefficient (Wildman–Crippen LogP) is 0.420. The highest BCUT2D eigenvalue weighted by Crippen LogP contribution is 2.22. The Morgan fingerprint density at radius 3 is 2.69 bits per heavy atom. The molecule has 74 valence electrons. The van der Waals surface area contributed by atoms with Crippen molar-refractivity contribution in [2.75, 3.05) is 6.54 Å². The normalized spacial score (nSPS) is 27.7. The van der Waals surface area contributed by atoms with Crippen LogP contribution in [0.3, 0.4) is 0 Å². The molecule has 1 aliphatic heterocycles. The highest BCUT2D eigenvalue weighted by Gasteiger charge is 2.34. The number of hydrogen-bond acceptors (Lipinski definition) is 2. The molecule has 4 nitrogen and oxygen atoms in total. The summed E-state index contributed by atoms with van der Waals surface area (Å²) in [7, 11) is 0. The Bertz CT molecular complexity index is 231. The van der Waals surface area contributed by atoms with Gasteiger partial charge >= 0.3 is 5.97 Å². The largest absolute Gasteiger partial charge is 0.481 e. The number of carboxylic acid groups (broad SMARTS) is 1. The molecule has 0 radical (unpaired) electrons. The van der Waals surface area contributed by atoms with Crippen molar-refractivity contribution in [1.82, 2.24) is 4.90 Å². The van der Waals surface area contributed by atoms with Crippen molar-refractivity contribution in [3.8, 4) is 0 Å². The molecule has 5 heteroatoms. The molecule has 0 saturated carbocycles. The van der Waals surface area contributed by atoms with Gasteiger partial charge in [-0.25, -0.2) is 4.39 Å². The predicted molar refractivity (Wildman–Crippen MR) is 42.9 cm³/mol. The molecule has 0 spiro atoms. The van der Waals surface area contributed by atoms with E-state index in [2.05, 4.69) is 0 Å². The van der Waals surface area contributed by atoms with E-state index in [0.29, 0.717) is 0 Å². The smallest absolute Gasteiger partial charge is 0.305 e. The van der Waals surface area contributed by atoms with Crippen LogP contribution >= 0.6 is 0 Å². The van der Waals surface area contributed by atoms with Crippen molar-refractivity contribution < 1.29 is 19.1 Å². The fourth-order valence-corrected chi connectivity index (χ4v) is 1.64. The molecule has 2 atom stereocenters. The molecule has 0 aromatic rings. The minimum Gasteiger partial charge on any atom is -0.481 e. The van der Waals surface area contributed by atoms with Crippen molar-refractivity contribution in [3.05, 3.63) is 0 Å². The average Bonchev–Trinajstić information content (AvgIpc) is 2.29. The Morgan fingerprint density at radius 1 is 1.62 bits per heavy atom. The van der Waals surface area contributed by atoms with Gasteiger partial charge in [-0.15, -0.1) is 0 Å². The highest BCUT2D eigenvalue weighted by molar-refractivity contribution is 5.75. The Balaban J connectivity index is 2.60. The first kappa shape index (κ1) is 9.95. The Morgan fingerprint density at radius 2 is 2.23 bits per heavy atom. The lowest BCUT2D eigenvalue weighted by atomic mass is 10.1. The molecule has 0 aliphatic carbocycles. The SMILES string of the molecule is CC(=O)N1C[C@@H](F)C[C@H]1CC(=O)O. The van der Waals surface area contributed by atoms with Crippen LogP contribution < -0.4 is 0 Å². The second-order valence-electron chi connectivity index (χ2n) is 3.26. The van der Waals surface area contributed by atoms with Crippen LogP contribution in [0.2, 0.25) is 0 Å². The topological polar surface area (TPSA) is 57.6 Å². The number of amides is 1. The van der Waals surface area contributed by atoms with Gasteiger partial charge in [-0.1, -0.05) is 0 Å². The summed E-state index contributed by atoms with van der Waals surface area (Å²) in [5.41, 5.74) is 0. The summed E-state index contributed by atoms with van der Waals surface area (Å²) >= 11 is 0. The zero-order valence-electron chi connectivity index (χ0n) is 7.36. The first-order valence-corrected chi connectivity index (χ1v) is 4.13. The number of rotatable bonds is 2. The van der Waals surface area contributed by atoms with Crippen molar-refractivity contribution in [2.45, 2.75) is 32.0 Å². The van der Waals surface area contributed by atoms with Crippen LogP contribution in [0.5, 0.6) is 0 Å². The molecule has 0 aromatic carbocycles. The van der Waals surface area contributed by atoms with E-state index in [1.54, 1.807) is 0 Å². The van der Waals surface area contributed by atoms with Gasteiger partial charge in [0, 0.05) is 19.4 Å². The van der Waals surface area contributed by atoms with Gasteiger partial charge in [-0.3, -0.25) is 9.59 Å². The van der Waals surface area contributed by atoms with E-state index in [9.17, 15) is 14.0 Å². The maximum Gasteiger partial charge on any atom is 0.305 e. The minimum atomic E-state index is -1.08. The van der Waals surface area contributed by atoms with Crippen LogP contribution in [-0.2, 0) is 9.59 Å². The lowest BCUT2D eigenvalue weighted by molar-refractivity contribution is -0.139. The van der Waals surface area contributed by atoms with E-state index in [-0.39, 0.29) is 25.3 Å². The van der Waals surface area contributed by atoms with Gasteiger partial charge < -0.3 is 10.0 Å². The first-order valence-electron chi connectivity index (χ1n) is 4.13. The highest BCUT2D eigenvalue weighted by atomic mass is 19.1. The second-order valence-corrected chi connectivity index (χ2v) is 3.26. The number of nitrogens with zero attached hydrogens (tertiary/aromatic N) is 1. The molecule has 1 N–H and O–H groups in total. The van der Waals surface area contributed by atoms with Crippen LogP contribution in [-0.4, -0.2) is 40.6 Å². The summed E-state index contributed by atoms with van der Waals surface area (Å²) < 4.78 is 12.8. The molecular weight excluding hydrogens is 177 g/mol. The number of halogens is 1. The van der Waals surface area contributed by atoms with Crippen LogP contribution in [0.1, 0.15) is 19.8 Å². The molecule has 1 rings (SSSR count). The Hall–Kier alpha value is -1.13. The summed E-state index contributed by atoms with van der Waals surface area (Å²) in [4.78, 5) is 22.6. The summed E-state index contributed by atoms with van der Waals surface area (Å²) in [5.74, 6) is -1.25. The van der Waals surface area contributed by atoms with Crippen LogP contribution in [0.15, 0.2) is 0 Å².